The maximum Gasteiger partial charge on any atom is 0.573 e. The number of halogens is 3. The van der Waals surface area contributed by atoms with Crippen LogP contribution in [0.5, 0.6) is 5.75 Å². The van der Waals surface area contributed by atoms with Crippen molar-refractivity contribution in [1.82, 2.24) is 0 Å². The summed E-state index contributed by atoms with van der Waals surface area (Å²) in [6.07, 6.45) is -4.91. The van der Waals surface area contributed by atoms with E-state index in [9.17, 15) is 26.4 Å². The second-order valence-electron chi connectivity index (χ2n) is 6.93. The Hall–Kier alpha value is -3.53. The van der Waals surface area contributed by atoms with Gasteiger partial charge in [-0.15, -0.1) is 13.2 Å². The zero-order valence-electron chi connectivity index (χ0n) is 17.0. The van der Waals surface area contributed by atoms with Crippen molar-refractivity contribution in [1.29, 1.82) is 0 Å². The molecule has 6 nitrogen and oxygen atoms in total. The first-order valence-corrected chi connectivity index (χ1v) is 10.8. The molecule has 0 fully saturated rings. The van der Waals surface area contributed by atoms with Crippen LogP contribution in [0.15, 0.2) is 71.6 Å². The Morgan fingerprint density at radius 2 is 1.56 bits per heavy atom. The van der Waals surface area contributed by atoms with Gasteiger partial charge in [-0.25, -0.2) is 8.42 Å². The van der Waals surface area contributed by atoms with Crippen molar-refractivity contribution in [3.8, 4) is 5.75 Å². The van der Waals surface area contributed by atoms with Crippen LogP contribution >= 0.6 is 0 Å². The molecule has 0 saturated carbocycles. The van der Waals surface area contributed by atoms with E-state index < -0.39 is 28.0 Å². The van der Waals surface area contributed by atoms with Crippen molar-refractivity contribution >= 4 is 27.3 Å². The van der Waals surface area contributed by atoms with Gasteiger partial charge in [0, 0.05) is 11.3 Å². The molecule has 0 heterocycles. The number of hydrogen-bond acceptors (Lipinski definition) is 4. The van der Waals surface area contributed by atoms with Gasteiger partial charge in [0.1, 0.15) is 0 Å². The molecule has 0 radical (unpaired) electrons. The van der Waals surface area contributed by atoms with Crippen LogP contribution in [-0.4, -0.2) is 20.7 Å². The molecule has 0 bridgehead atoms. The maximum absolute atomic E-state index is 12.6. The first-order chi connectivity index (χ1) is 14.9. The van der Waals surface area contributed by atoms with Crippen LogP contribution in [0.2, 0.25) is 0 Å². The summed E-state index contributed by atoms with van der Waals surface area (Å²) in [5.41, 5.74) is 1.96. The van der Waals surface area contributed by atoms with Crippen LogP contribution in [0.25, 0.3) is 0 Å². The number of carbonyl (C=O) groups is 1. The fourth-order valence-electron chi connectivity index (χ4n) is 2.76. The highest BCUT2D eigenvalue weighted by atomic mass is 32.2. The SMILES string of the molecule is Cc1ccc(S(=O)(=O)Nc2ccc(C(=O)Nc3ccccc3OC(F)(F)F)cc2)cc1C. The molecule has 0 aliphatic carbocycles. The van der Waals surface area contributed by atoms with Crippen molar-refractivity contribution in [2.75, 3.05) is 10.0 Å². The average molecular weight is 464 g/mol. The van der Waals surface area contributed by atoms with Crippen LogP contribution in [0.4, 0.5) is 24.5 Å². The maximum atomic E-state index is 12.6. The standard InChI is InChI=1S/C22H19F3N2O4S/c1-14-7-12-18(13-15(14)2)32(29,30)27-17-10-8-16(9-11-17)21(28)26-19-5-3-4-6-20(19)31-22(23,24)25/h3-13,27H,1-2H3,(H,26,28). The highest BCUT2D eigenvalue weighted by Crippen LogP contribution is 2.30. The summed E-state index contributed by atoms with van der Waals surface area (Å²) < 4.78 is 69.1. The molecule has 0 aliphatic heterocycles. The molecule has 2 N–H and O–H groups in total. The average Bonchev–Trinajstić information content (AvgIpc) is 2.70. The summed E-state index contributed by atoms with van der Waals surface area (Å²) in [7, 11) is -3.83. The number of rotatable bonds is 6. The third-order valence-corrected chi connectivity index (χ3v) is 5.93. The molecule has 0 aromatic heterocycles. The number of anilines is 2. The van der Waals surface area contributed by atoms with Crippen LogP contribution in [0.1, 0.15) is 21.5 Å². The third kappa shape index (κ3) is 5.79. The largest absolute Gasteiger partial charge is 0.573 e. The molecule has 0 aliphatic rings. The van der Waals surface area contributed by atoms with E-state index in [1.807, 2.05) is 6.92 Å². The van der Waals surface area contributed by atoms with Gasteiger partial charge in [-0.05, 0) is 73.5 Å². The molecular formula is C22H19F3N2O4S. The highest BCUT2D eigenvalue weighted by Gasteiger charge is 2.32. The summed E-state index contributed by atoms with van der Waals surface area (Å²) >= 11 is 0. The fraction of sp³-hybridized carbons (Fsp3) is 0.136. The molecule has 0 atom stereocenters. The van der Waals surface area contributed by atoms with E-state index in [1.54, 1.807) is 19.1 Å². The van der Waals surface area contributed by atoms with Gasteiger partial charge in [0.15, 0.2) is 5.75 Å². The quantitative estimate of drug-likeness (QED) is 0.522. The number of amides is 1. The Labute approximate surface area is 183 Å². The Balaban J connectivity index is 1.73. The number of nitrogens with one attached hydrogen (secondary N) is 2. The summed E-state index contributed by atoms with van der Waals surface area (Å²) in [6, 6.07) is 15.3. The minimum Gasteiger partial charge on any atom is -0.404 e. The second kappa shape index (κ2) is 8.91. The predicted molar refractivity (Wildman–Crippen MR) is 114 cm³/mol. The number of alkyl halides is 3. The minimum absolute atomic E-state index is 0.101. The topological polar surface area (TPSA) is 84.5 Å². The monoisotopic (exact) mass is 464 g/mol. The number of carbonyl (C=O) groups excluding carboxylic acids is 1. The van der Waals surface area contributed by atoms with Crippen molar-refractivity contribution in [3.05, 3.63) is 83.4 Å². The van der Waals surface area contributed by atoms with Crippen LogP contribution in [0.3, 0.4) is 0 Å². The number of sulfonamides is 1. The van der Waals surface area contributed by atoms with Crippen LogP contribution in [0, 0.1) is 13.8 Å². The first kappa shape index (κ1) is 23.1. The molecule has 3 aromatic rings. The molecular weight excluding hydrogens is 445 g/mol. The van der Waals surface area contributed by atoms with E-state index in [0.717, 1.165) is 17.2 Å². The molecule has 0 saturated heterocycles. The van der Waals surface area contributed by atoms with E-state index in [1.165, 1.54) is 48.5 Å². The smallest absolute Gasteiger partial charge is 0.404 e. The van der Waals surface area contributed by atoms with Crippen molar-refractivity contribution < 1.29 is 31.1 Å². The molecule has 168 valence electrons. The first-order valence-electron chi connectivity index (χ1n) is 9.31. The number of hydrogen-bond donors (Lipinski definition) is 2. The van der Waals surface area contributed by atoms with E-state index in [4.69, 9.17) is 0 Å². The van der Waals surface area contributed by atoms with Crippen molar-refractivity contribution in [2.24, 2.45) is 0 Å². The van der Waals surface area contributed by atoms with Gasteiger partial charge in [-0.1, -0.05) is 18.2 Å². The normalized spacial score (nSPS) is 11.7. The van der Waals surface area contributed by atoms with Crippen molar-refractivity contribution in [2.45, 2.75) is 25.1 Å². The van der Waals surface area contributed by atoms with Gasteiger partial charge >= 0.3 is 6.36 Å². The van der Waals surface area contributed by atoms with Gasteiger partial charge in [-0.3, -0.25) is 9.52 Å². The second-order valence-corrected chi connectivity index (χ2v) is 8.61. The molecule has 32 heavy (non-hydrogen) atoms. The molecule has 3 rings (SSSR count). The minimum atomic E-state index is -4.91. The zero-order valence-corrected chi connectivity index (χ0v) is 17.8. The summed E-state index contributed by atoms with van der Waals surface area (Å²) in [5, 5.41) is 2.35. The Morgan fingerprint density at radius 3 is 2.19 bits per heavy atom. The van der Waals surface area contributed by atoms with Crippen molar-refractivity contribution in [3.63, 3.8) is 0 Å². The zero-order chi connectivity index (χ0) is 23.5. The highest BCUT2D eigenvalue weighted by molar-refractivity contribution is 7.92. The molecule has 0 spiro atoms. The Bertz CT molecular complexity index is 1240. The lowest BCUT2D eigenvalue weighted by atomic mass is 10.1. The van der Waals surface area contributed by atoms with E-state index in [2.05, 4.69) is 14.8 Å². The van der Waals surface area contributed by atoms with Gasteiger partial charge < -0.3 is 10.1 Å². The van der Waals surface area contributed by atoms with Gasteiger partial charge in [0.05, 0.1) is 10.6 Å². The predicted octanol–water partition coefficient (Wildman–Crippen LogP) is 5.26. The molecule has 0 unspecified atom stereocenters. The molecule has 1 amide bonds. The van der Waals surface area contributed by atoms with Gasteiger partial charge in [-0.2, -0.15) is 0 Å². The molecule has 3 aromatic carbocycles. The number of ether oxygens (including phenoxy) is 1. The van der Waals surface area contributed by atoms with Crippen LogP contribution < -0.4 is 14.8 Å². The Morgan fingerprint density at radius 1 is 0.906 bits per heavy atom. The third-order valence-electron chi connectivity index (χ3n) is 4.55. The number of aryl methyl sites for hydroxylation is 2. The van der Waals surface area contributed by atoms with E-state index >= 15 is 0 Å². The lowest BCUT2D eigenvalue weighted by molar-refractivity contribution is -0.274. The number of para-hydroxylation sites is 2. The lowest BCUT2D eigenvalue weighted by Crippen LogP contribution is -2.19. The summed E-state index contributed by atoms with van der Waals surface area (Å²) in [4.78, 5) is 12.5. The summed E-state index contributed by atoms with van der Waals surface area (Å²) in [5.74, 6) is -1.24. The molecule has 10 heteroatoms. The number of benzene rings is 3. The van der Waals surface area contributed by atoms with E-state index in [-0.39, 0.29) is 21.8 Å². The summed E-state index contributed by atoms with van der Waals surface area (Å²) in [6.45, 7) is 3.68. The lowest BCUT2D eigenvalue weighted by Gasteiger charge is -2.14. The van der Waals surface area contributed by atoms with Gasteiger partial charge in [0.25, 0.3) is 15.9 Å². The fourth-order valence-corrected chi connectivity index (χ4v) is 3.91. The van der Waals surface area contributed by atoms with E-state index in [0.29, 0.717) is 0 Å². The Kier molecular flexibility index (Phi) is 6.45. The van der Waals surface area contributed by atoms with Gasteiger partial charge in [0.2, 0.25) is 0 Å². The van der Waals surface area contributed by atoms with Crippen LogP contribution in [-0.2, 0) is 10.0 Å².